The summed E-state index contributed by atoms with van der Waals surface area (Å²) in [4.78, 5) is 14.8. The van der Waals surface area contributed by atoms with Crippen LogP contribution in [0.15, 0.2) is 30.3 Å². The number of hydrogen-bond acceptors (Lipinski definition) is 5. The van der Waals surface area contributed by atoms with E-state index in [1.54, 1.807) is 14.2 Å². The molecule has 34 heavy (non-hydrogen) atoms. The molecule has 1 N–H and O–H groups in total. The first-order valence-electron chi connectivity index (χ1n) is 12.3. The average molecular weight is 467 g/mol. The lowest BCUT2D eigenvalue weighted by Crippen LogP contribution is -2.36. The van der Waals surface area contributed by atoms with E-state index in [0.29, 0.717) is 18.9 Å². The smallest absolute Gasteiger partial charge is 0.223 e. The quantitative estimate of drug-likeness (QED) is 0.593. The van der Waals surface area contributed by atoms with Crippen LogP contribution in [0.2, 0.25) is 0 Å². The molecule has 1 unspecified atom stereocenters. The van der Waals surface area contributed by atoms with Crippen molar-refractivity contribution >= 4 is 5.91 Å². The van der Waals surface area contributed by atoms with Crippen molar-refractivity contribution < 1.29 is 19.0 Å². The Morgan fingerprint density at radius 3 is 2.21 bits per heavy atom. The number of benzene rings is 2. The molecule has 2 aromatic rings. The summed E-state index contributed by atoms with van der Waals surface area (Å²) in [5.74, 6) is 3.19. The minimum atomic E-state index is -0.179. The van der Waals surface area contributed by atoms with Gasteiger partial charge in [0.25, 0.3) is 0 Å². The summed E-state index contributed by atoms with van der Waals surface area (Å²) in [5.41, 5.74) is 5.08. The van der Waals surface area contributed by atoms with Gasteiger partial charge in [0.2, 0.25) is 5.91 Å². The van der Waals surface area contributed by atoms with E-state index in [9.17, 15) is 4.79 Å². The minimum Gasteiger partial charge on any atom is -0.493 e. The topological polar surface area (TPSA) is 60.0 Å². The Kier molecular flexibility index (Phi) is 7.36. The highest BCUT2D eigenvalue weighted by Crippen LogP contribution is 2.37. The SMILES string of the molecule is COc1cc2c(cc1OC)CCN(C(=O)CCNCC1Cc3cc(OC(C)(C)C)ccc31)CC2. The molecule has 4 rings (SSSR count). The van der Waals surface area contributed by atoms with Crippen LogP contribution in [-0.2, 0) is 24.1 Å². The minimum absolute atomic E-state index is 0.179. The van der Waals surface area contributed by atoms with Crippen molar-refractivity contribution in [2.24, 2.45) is 0 Å². The fourth-order valence-electron chi connectivity index (χ4n) is 4.93. The van der Waals surface area contributed by atoms with Gasteiger partial charge in [0.15, 0.2) is 11.5 Å². The highest BCUT2D eigenvalue weighted by Gasteiger charge is 2.27. The number of rotatable bonds is 8. The van der Waals surface area contributed by atoms with Crippen molar-refractivity contribution in [3.8, 4) is 17.2 Å². The zero-order valence-corrected chi connectivity index (χ0v) is 21.2. The molecule has 0 aromatic heterocycles. The zero-order valence-electron chi connectivity index (χ0n) is 21.2. The lowest BCUT2D eigenvalue weighted by Gasteiger charge is -2.32. The summed E-state index contributed by atoms with van der Waals surface area (Å²) < 4.78 is 16.9. The Morgan fingerprint density at radius 1 is 1.00 bits per heavy atom. The molecule has 0 fully saturated rings. The standard InChI is InChI=1S/C28H38N2O4/c1-28(2,3)34-23-6-7-24-21(15-23)14-22(24)18-29-11-8-27(31)30-12-9-19-16-25(32-4)26(33-5)17-20(19)10-13-30/h6-7,15-17,22,29H,8-14,18H2,1-5H3. The van der Waals surface area contributed by atoms with Gasteiger partial charge in [-0.25, -0.2) is 0 Å². The molecular weight excluding hydrogens is 428 g/mol. The largest absolute Gasteiger partial charge is 0.493 e. The van der Waals surface area contributed by atoms with Crippen molar-refractivity contribution in [2.45, 2.75) is 58.0 Å². The van der Waals surface area contributed by atoms with E-state index in [4.69, 9.17) is 14.2 Å². The summed E-state index contributed by atoms with van der Waals surface area (Å²) in [6.45, 7) is 9.32. The van der Waals surface area contributed by atoms with Gasteiger partial charge >= 0.3 is 0 Å². The number of methoxy groups -OCH3 is 2. The second-order valence-corrected chi connectivity index (χ2v) is 10.3. The average Bonchev–Trinajstić information content (AvgIpc) is 2.99. The maximum Gasteiger partial charge on any atom is 0.223 e. The molecule has 0 saturated heterocycles. The zero-order chi connectivity index (χ0) is 24.3. The third kappa shape index (κ3) is 5.66. The van der Waals surface area contributed by atoms with E-state index < -0.39 is 0 Å². The molecule has 0 spiro atoms. The number of nitrogens with zero attached hydrogens (tertiary/aromatic N) is 1. The van der Waals surface area contributed by atoms with Gasteiger partial charge in [0, 0.05) is 38.5 Å². The molecule has 6 nitrogen and oxygen atoms in total. The number of amides is 1. The number of hydrogen-bond donors (Lipinski definition) is 1. The van der Waals surface area contributed by atoms with Crippen molar-refractivity contribution in [2.75, 3.05) is 40.4 Å². The molecule has 184 valence electrons. The summed E-state index contributed by atoms with van der Waals surface area (Å²) in [5, 5.41) is 3.50. The van der Waals surface area contributed by atoms with Gasteiger partial charge in [-0.1, -0.05) is 6.07 Å². The molecule has 2 aromatic carbocycles. The summed E-state index contributed by atoms with van der Waals surface area (Å²) in [6.07, 6.45) is 3.28. The Bertz CT molecular complexity index is 993. The highest BCUT2D eigenvalue weighted by atomic mass is 16.5. The van der Waals surface area contributed by atoms with Crippen LogP contribution in [-0.4, -0.2) is 56.8 Å². The van der Waals surface area contributed by atoms with Crippen molar-refractivity contribution in [3.63, 3.8) is 0 Å². The first-order valence-corrected chi connectivity index (χ1v) is 12.3. The molecule has 0 saturated carbocycles. The Morgan fingerprint density at radius 2 is 1.65 bits per heavy atom. The van der Waals surface area contributed by atoms with E-state index >= 15 is 0 Å². The normalized spacial score (nSPS) is 17.2. The maximum atomic E-state index is 12.8. The first-order chi connectivity index (χ1) is 16.3. The Balaban J connectivity index is 1.21. The van der Waals surface area contributed by atoms with Crippen LogP contribution in [0.4, 0.5) is 0 Å². The van der Waals surface area contributed by atoms with Crippen LogP contribution in [0, 0.1) is 0 Å². The van der Waals surface area contributed by atoms with Gasteiger partial charge in [0.05, 0.1) is 14.2 Å². The molecule has 1 amide bonds. The van der Waals surface area contributed by atoms with E-state index in [0.717, 1.165) is 56.1 Å². The van der Waals surface area contributed by atoms with E-state index in [2.05, 4.69) is 56.4 Å². The van der Waals surface area contributed by atoms with Gasteiger partial charge in [-0.15, -0.1) is 0 Å². The van der Waals surface area contributed by atoms with Gasteiger partial charge in [-0.2, -0.15) is 0 Å². The van der Waals surface area contributed by atoms with E-state index in [1.807, 2.05) is 4.90 Å². The molecule has 1 aliphatic heterocycles. The number of nitrogens with one attached hydrogen (secondary N) is 1. The van der Waals surface area contributed by atoms with Gasteiger partial charge < -0.3 is 24.4 Å². The summed E-state index contributed by atoms with van der Waals surface area (Å²) in [6, 6.07) is 10.5. The third-order valence-electron chi connectivity index (χ3n) is 6.71. The number of carbonyl (C=O) groups excluding carboxylic acids is 1. The first kappa shape index (κ1) is 24.4. The number of fused-ring (bicyclic) bond motifs is 2. The van der Waals surface area contributed by atoms with Crippen LogP contribution in [0.3, 0.4) is 0 Å². The lowest BCUT2D eigenvalue weighted by molar-refractivity contribution is -0.131. The van der Waals surface area contributed by atoms with Gasteiger partial charge in [0.1, 0.15) is 11.4 Å². The molecule has 0 radical (unpaired) electrons. The third-order valence-corrected chi connectivity index (χ3v) is 6.71. The van der Waals surface area contributed by atoms with Crippen LogP contribution in [0.1, 0.15) is 55.4 Å². The lowest BCUT2D eigenvalue weighted by atomic mass is 9.77. The number of ether oxygens (including phenoxy) is 3. The summed E-state index contributed by atoms with van der Waals surface area (Å²) >= 11 is 0. The van der Waals surface area contributed by atoms with Crippen molar-refractivity contribution in [1.29, 1.82) is 0 Å². The molecule has 6 heteroatoms. The molecule has 1 heterocycles. The van der Waals surface area contributed by atoms with Gasteiger partial charge in [-0.05, 0) is 86.6 Å². The van der Waals surface area contributed by atoms with Crippen LogP contribution < -0.4 is 19.5 Å². The molecule has 1 aliphatic carbocycles. The van der Waals surface area contributed by atoms with Crippen molar-refractivity contribution in [1.82, 2.24) is 10.2 Å². The Labute approximate surface area is 203 Å². The number of carbonyl (C=O) groups is 1. The fourth-order valence-corrected chi connectivity index (χ4v) is 4.93. The predicted molar refractivity (Wildman–Crippen MR) is 134 cm³/mol. The Hall–Kier alpha value is -2.73. The molecule has 0 bridgehead atoms. The van der Waals surface area contributed by atoms with E-state index in [-0.39, 0.29) is 11.5 Å². The van der Waals surface area contributed by atoms with Crippen molar-refractivity contribution in [3.05, 3.63) is 52.6 Å². The predicted octanol–water partition coefficient (Wildman–Crippen LogP) is 4.13. The summed E-state index contributed by atoms with van der Waals surface area (Å²) in [7, 11) is 3.31. The second kappa shape index (κ2) is 10.3. The van der Waals surface area contributed by atoms with Crippen LogP contribution >= 0.6 is 0 Å². The van der Waals surface area contributed by atoms with E-state index in [1.165, 1.54) is 22.3 Å². The molecule has 2 aliphatic rings. The fraction of sp³-hybridized carbons (Fsp3) is 0.536. The molecular formula is C28H38N2O4. The van der Waals surface area contributed by atoms with Crippen LogP contribution in [0.5, 0.6) is 17.2 Å². The second-order valence-electron chi connectivity index (χ2n) is 10.3. The monoisotopic (exact) mass is 466 g/mol. The maximum absolute atomic E-state index is 12.8. The highest BCUT2D eigenvalue weighted by molar-refractivity contribution is 5.76. The van der Waals surface area contributed by atoms with Gasteiger partial charge in [-0.3, -0.25) is 4.79 Å². The van der Waals surface area contributed by atoms with Crippen LogP contribution in [0.25, 0.3) is 0 Å². The molecule has 1 atom stereocenters.